The zero-order valence-corrected chi connectivity index (χ0v) is 18.1. The number of aromatic nitrogens is 5. The van der Waals surface area contributed by atoms with E-state index in [1.54, 1.807) is 6.20 Å². The molecule has 1 saturated heterocycles. The number of nitrogens with zero attached hydrogens (tertiary/aromatic N) is 6. The Kier molecular flexibility index (Phi) is 4.55. The van der Waals surface area contributed by atoms with Crippen molar-refractivity contribution < 1.29 is 9.15 Å². The van der Waals surface area contributed by atoms with E-state index in [9.17, 15) is 0 Å². The molecule has 0 bridgehead atoms. The molecule has 0 unspecified atom stereocenters. The lowest BCUT2D eigenvalue weighted by molar-refractivity contribution is 0.122. The van der Waals surface area contributed by atoms with E-state index in [4.69, 9.17) is 25.7 Å². The van der Waals surface area contributed by atoms with Gasteiger partial charge in [0.15, 0.2) is 0 Å². The van der Waals surface area contributed by atoms with Gasteiger partial charge in [0.1, 0.15) is 11.3 Å². The number of hydrogen-bond donors (Lipinski definition) is 0. The zero-order valence-electron chi connectivity index (χ0n) is 17.3. The van der Waals surface area contributed by atoms with E-state index in [1.165, 1.54) is 6.39 Å². The molecule has 3 aromatic heterocycles. The van der Waals surface area contributed by atoms with Crippen LogP contribution in [0.2, 0.25) is 5.02 Å². The van der Waals surface area contributed by atoms with Crippen LogP contribution >= 0.6 is 11.6 Å². The first kappa shape index (κ1) is 19.2. The molecular weight excluding hydrogens is 428 g/mol. The fraction of sp³-hybridized carbons (Fsp3) is 0.217. The Morgan fingerprint density at radius 1 is 1.06 bits per heavy atom. The SMILES string of the molecule is Cc1nc2c(-c3nnco3)cc(N3CCOCC3)cc2n1-c1ccnc2c(Cl)cccc12. The van der Waals surface area contributed by atoms with Gasteiger partial charge in [-0.05, 0) is 31.2 Å². The summed E-state index contributed by atoms with van der Waals surface area (Å²) in [7, 11) is 0. The van der Waals surface area contributed by atoms with Crippen LogP contribution in [0.3, 0.4) is 0 Å². The first-order valence-corrected chi connectivity index (χ1v) is 10.7. The summed E-state index contributed by atoms with van der Waals surface area (Å²) in [5.74, 6) is 1.28. The molecular formula is C23H19ClN6O2. The van der Waals surface area contributed by atoms with Gasteiger partial charge in [0.05, 0.1) is 40.5 Å². The lowest BCUT2D eigenvalue weighted by atomic mass is 10.1. The number of aryl methyl sites for hydroxylation is 1. The van der Waals surface area contributed by atoms with Gasteiger partial charge < -0.3 is 14.1 Å². The van der Waals surface area contributed by atoms with Crippen LogP contribution in [0.15, 0.2) is 53.4 Å². The first-order valence-electron chi connectivity index (χ1n) is 10.4. The molecule has 0 radical (unpaired) electrons. The number of imidazole rings is 1. The Hall–Kier alpha value is -3.49. The third kappa shape index (κ3) is 3.03. The number of hydrogen-bond acceptors (Lipinski definition) is 7. The molecule has 0 spiro atoms. The highest BCUT2D eigenvalue weighted by Crippen LogP contribution is 2.36. The van der Waals surface area contributed by atoms with Gasteiger partial charge in [-0.3, -0.25) is 9.55 Å². The number of rotatable bonds is 3. The molecule has 160 valence electrons. The Morgan fingerprint density at radius 3 is 2.75 bits per heavy atom. The summed E-state index contributed by atoms with van der Waals surface area (Å²) < 4.78 is 13.3. The summed E-state index contributed by atoms with van der Waals surface area (Å²) in [6.07, 6.45) is 3.12. The topological polar surface area (TPSA) is 82.1 Å². The summed E-state index contributed by atoms with van der Waals surface area (Å²) in [5, 5.41) is 9.61. The smallest absolute Gasteiger partial charge is 0.249 e. The highest BCUT2D eigenvalue weighted by atomic mass is 35.5. The van der Waals surface area contributed by atoms with Gasteiger partial charge in [-0.2, -0.15) is 0 Å². The van der Waals surface area contributed by atoms with Crippen LogP contribution in [-0.2, 0) is 4.74 Å². The van der Waals surface area contributed by atoms with Gasteiger partial charge in [-0.15, -0.1) is 10.2 Å². The van der Waals surface area contributed by atoms with Crippen molar-refractivity contribution in [2.75, 3.05) is 31.2 Å². The Bertz CT molecular complexity index is 1440. The largest absolute Gasteiger partial charge is 0.423 e. The van der Waals surface area contributed by atoms with E-state index in [0.29, 0.717) is 24.1 Å². The molecule has 1 aliphatic rings. The molecule has 2 aromatic carbocycles. The maximum absolute atomic E-state index is 6.43. The molecule has 4 heterocycles. The van der Waals surface area contributed by atoms with Gasteiger partial charge in [0.2, 0.25) is 12.3 Å². The van der Waals surface area contributed by atoms with Crippen molar-refractivity contribution in [2.24, 2.45) is 0 Å². The highest BCUT2D eigenvalue weighted by molar-refractivity contribution is 6.35. The fourth-order valence-electron chi connectivity index (χ4n) is 4.36. The minimum atomic E-state index is 0.442. The molecule has 5 aromatic rings. The summed E-state index contributed by atoms with van der Waals surface area (Å²) in [5.41, 5.74) is 5.34. The number of benzene rings is 2. The maximum atomic E-state index is 6.43. The fourth-order valence-corrected chi connectivity index (χ4v) is 4.58. The van der Waals surface area contributed by atoms with Crippen molar-refractivity contribution in [1.29, 1.82) is 0 Å². The van der Waals surface area contributed by atoms with Crippen LogP contribution in [0.5, 0.6) is 0 Å². The molecule has 1 fully saturated rings. The van der Waals surface area contributed by atoms with E-state index in [0.717, 1.165) is 57.8 Å². The number of morpholine rings is 1. The van der Waals surface area contributed by atoms with Gasteiger partial charge >= 0.3 is 0 Å². The Balaban J connectivity index is 1.66. The van der Waals surface area contributed by atoms with E-state index in [2.05, 4.69) is 36.8 Å². The third-order valence-corrected chi connectivity index (χ3v) is 6.12. The number of para-hydroxylation sites is 1. The second kappa shape index (κ2) is 7.58. The van der Waals surface area contributed by atoms with Gasteiger partial charge in [0, 0.05) is 30.4 Å². The van der Waals surface area contributed by atoms with Crippen LogP contribution in [-0.4, -0.2) is 51.0 Å². The monoisotopic (exact) mass is 446 g/mol. The maximum Gasteiger partial charge on any atom is 0.249 e. The number of pyridine rings is 1. The van der Waals surface area contributed by atoms with Crippen molar-refractivity contribution in [2.45, 2.75) is 6.92 Å². The molecule has 0 saturated carbocycles. The van der Waals surface area contributed by atoms with Crippen LogP contribution < -0.4 is 4.90 Å². The van der Waals surface area contributed by atoms with E-state index >= 15 is 0 Å². The summed E-state index contributed by atoms with van der Waals surface area (Å²) in [4.78, 5) is 11.7. The predicted molar refractivity (Wildman–Crippen MR) is 122 cm³/mol. The molecule has 6 rings (SSSR count). The van der Waals surface area contributed by atoms with E-state index in [-0.39, 0.29) is 0 Å². The molecule has 0 N–H and O–H groups in total. The lowest BCUT2D eigenvalue weighted by Gasteiger charge is -2.29. The minimum absolute atomic E-state index is 0.442. The Labute approximate surface area is 188 Å². The first-order chi connectivity index (χ1) is 15.7. The third-order valence-electron chi connectivity index (χ3n) is 5.82. The van der Waals surface area contributed by atoms with Crippen LogP contribution in [0, 0.1) is 6.92 Å². The number of fused-ring (bicyclic) bond motifs is 2. The normalized spacial score (nSPS) is 14.5. The van der Waals surface area contributed by atoms with Gasteiger partial charge in [0.25, 0.3) is 0 Å². The van der Waals surface area contributed by atoms with Crippen molar-refractivity contribution in [3.8, 4) is 17.1 Å². The second-order valence-corrected chi connectivity index (χ2v) is 8.07. The standard InChI is InChI=1S/C23H19ClN6O2/c1-14-27-22-17(23-28-26-13-32-23)11-15(29-7-9-31-10-8-29)12-20(22)30(14)19-5-6-25-21-16(19)3-2-4-18(21)24/h2-6,11-13H,7-10H2,1H3. The average molecular weight is 447 g/mol. The molecule has 0 atom stereocenters. The molecule has 9 heteroatoms. The van der Waals surface area contributed by atoms with Crippen molar-refractivity contribution >= 4 is 39.2 Å². The zero-order chi connectivity index (χ0) is 21.7. The van der Waals surface area contributed by atoms with Gasteiger partial charge in [-0.1, -0.05) is 23.7 Å². The van der Waals surface area contributed by atoms with Crippen molar-refractivity contribution in [1.82, 2.24) is 24.7 Å². The summed E-state index contributed by atoms with van der Waals surface area (Å²) in [6.45, 7) is 5.01. The molecule has 8 nitrogen and oxygen atoms in total. The lowest BCUT2D eigenvalue weighted by Crippen LogP contribution is -2.36. The summed E-state index contributed by atoms with van der Waals surface area (Å²) >= 11 is 6.43. The summed E-state index contributed by atoms with van der Waals surface area (Å²) in [6, 6.07) is 12.0. The average Bonchev–Trinajstić information content (AvgIpc) is 3.47. The van der Waals surface area contributed by atoms with Crippen molar-refractivity contribution in [3.05, 3.63) is 59.8 Å². The molecule has 32 heavy (non-hydrogen) atoms. The highest BCUT2D eigenvalue weighted by Gasteiger charge is 2.22. The minimum Gasteiger partial charge on any atom is -0.423 e. The predicted octanol–water partition coefficient (Wildman–Crippen LogP) is 4.42. The van der Waals surface area contributed by atoms with E-state index < -0.39 is 0 Å². The van der Waals surface area contributed by atoms with E-state index in [1.807, 2.05) is 31.2 Å². The molecule has 0 amide bonds. The van der Waals surface area contributed by atoms with Gasteiger partial charge in [-0.25, -0.2) is 4.98 Å². The number of anilines is 1. The second-order valence-electron chi connectivity index (χ2n) is 7.66. The van der Waals surface area contributed by atoms with Crippen LogP contribution in [0.4, 0.5) is 5.69 Å². The molecule has 0 aliphatic carbocycles. The van der Waals surface area contributed by atoms with Crippen LogP contribution in [0.1, 0.15) is 5.82 Å². The number of halogens is 1. The van der Waals surface area contributed by atoms with Crippen molar-refractivity contribution in [3.63, 3.8) is 0 Å². The van der Waals surface area contributed by atoms with Crippen LogP contribution in [0.25, 0.3) is 39.1 Å². The Morgan fingerprint density at radius 2 is 1.94 bits per heavy atom. The number of ether oxygens (including phenoxy) is 1. The molecule has 1 aliphatic heterocycles. The quantitative estimate of drug-likeness (QED) is 0.405.